The van der Waals surface area contributed by atoms with E-state index in [0.29, 0.717) is 24.1 Å². The quantitative estimate of drug-likeness (QED) is 0.713. The molecule has 1 amide bonds. The Bertz CT molecular complexity index is 422. The number of amides is 1. The first-order valence-electron chi connectivity index (χ1n) is 6.22. The van der Waals surface area contributed by atoms with Crippen LogP contribution in [0.3, 0.4) is 0 Å². The Balaban J connectivity index is 2.16. The van der Waals surface area contributed by atoms with Gasteiger partial charge in [0.1, 0.15) is 5.60 Å². The van der Waals surface area contributed by atoms with Crippen molar-refractivity contribution in [3.05, 3.63) is 29.6 Å². The van der Waals surface area contributed by atoms with Gasteiger partial charge in [0.25, 0.3) is 5.91 Å². The average molecular weight is 249 g/mol. The van der Waals surface area contributed by atoms with Crippen molar-refractivity contribution in [3.63, 3.8) is 0 Å². The summed E-state index contributed by atoms with van der Waals surface area (Å²) in [6.07, 6.45) is 4.35. The first kappa shape index (κ1) is 13.0. The number of rotatable bonds is 2. The van der Waals surface area contributed by atoms with Gasteiger partial charge < -0.3 is 16.2 Å². The van der Waals surface area contributed by atoms with Crippen molar-refractivity contribution in [2.24, 2.45) is 5.73 Å². The Morgan fingerprint density at radius 1 is 1.50 bits per heavy atom. The Kier molecular flexibility index (Phi) is 3.63. The zero-order chi connectivity index (χ0) is 13.2. The molecule has 5 nitrogen and oxygen atoms in total. The maximum absolute atomic E-state index is 11.4. The molecule has 0 aliphatic heterocycles. The maximum atomic E-state index is 11.4. The molecule has 2 rings (SSSR count). The van der Waals surface area contributed by atoms with E-state index in [2.05, 4.69) is 10.3 Å². The lowest BCUT2D eigenvalue weighted by Gasteiger charge is -2.34. The number of aliphatic hydroxyl groups is 1. The summed E-state index contributed by atoms with van der Waals surface area (Å²) in [6.45, 7) is 0. The molecule has 98 valence electrons. The fourth-order valence-corrected chi connectivity index (χ4v) is 2.32. The number of hydrogen-bond acceptors (Lipinski definition) is 4. The number of nitrogens with two attached hydrogens (primary N) is 1. The van der Waals surface area contributed by atoms with Crippen LogP contribution in [0.5, 0.6) is 0 Å². The van der Waals surface area contributed by atoms with Crippen molar-refractivity contribution >= 4 is 5.91 Å². The molecule has 4 N–H and O–H groups in total. The van der Waals surface area contributed by atoms with E-state index >= 15 is 0 Å². The molecule has 0 atom stereocenters. The van der Waals surface area contributed by atoms with Gasteiger partial charge in [-0.1, -0.05) is 0 Å². The highest BCUT2D eigenvalue weighted by Gasteiger charge is 2.34. The van der Waals surface area contributed by atoms with Gasteiger partial charge in [0.05, 0.1) is 11.3 Å². The van der Waals surface area contributed by atoms with E-state index in [1.807, 2.05) is 0 Å². The van der Waals surface area contributed by atoms with Crippen molar-refractivity contribution in [3.8, 4) is 0 Å². The fourth-order valence-electron chi connectivity index (χ4n) is 2.32. The highest BCUT2D eigenvalue weighted by Crippen LogP contribution is 2.35. The van der Waals surface area contributed by atoms with E-state index < -0.39 is 5.60 Å². The number of nitrogens with zero attached hydrogens (tertiary/aromatic N) is 1. The summed E-state index contributed by atoms with van der Waals surface area (Å²) in [5.41, 5.74) is 6.06. The molecular formula is C13H19N3O2. The molecule has 0 unspecified atom stereocenters. The number of hydrogen-bond donors (Lipinski definition) is 3. The van der Waals surface area contributed by atoms with Crippen LogP contribution in [0.1, 0.15) is 41.7 Å². The second-order valence-electron chi connectivity index (χ2n) is 4.88. The highest BCUT2D eigenvalue weighted by molar-refractivity contribution is 5.93. The molecule has 0 bridgehead atoms. The average Bonchev–Trinajstić information content (AvgIpc) is 2.41. The minimum Gasteiger partial charge on any atom is -0.384 e. The zero-order valence-corrected chi connectivity index (χ0v) is 10.5. The Hall–Kier alpha value is -1.46. The second kappa shape index (κ2) is 5.04. The van der Waals surface area contributed by atoms with Gasteiger partial charge in [-0.15, -0.1) is 0 Å². The highest BCUT2D eigenvalue weighted by atomic mass is 16.3. The SMILES string of the molecule is CNC(=O)c1ccc(C2(O)CCC(N)CC2)nc1. The molecule has 1 fully saturated rings. The van der Waals surface area contributed by atoms with Gasteiger partial charge in [0, 0.05) is 19.3 Å². The molecule has 1 aliphatic rings. The van der Waals surface area contributed by atoms with Crippen molar-refractivity contribution in [1.82, 2.24) is 10.3 Å². The van der Waals surface area contributed by atoms with Crippen LogP contribution in [0.4, 0.5) is 0 Å². The van der Waals surface area contributed by atoms with E-state index in [9.17, 15) is 9.90 Å². The minimum absolute atomic E-state index is 0.174. The van der Waals surface area contributed by atoms with Crippen LogP contribution in [0.25, 0.3) is 0 Å². The predicted octanol–water partition coefficient (Wildman–Crippen LogP) is 0.530. The van der Waals surface area contributed by atoms with Crippen LogP contribution in [0, 0.1) is 0 Å². The van der Waals surface area contributed by atoms with Gasteiger partial charge in [-0.25, -0.2) is 0 Å². The molecule has 1 aliphatic carbocycles. The first-order valence-corrected chi connectivity index (χ1v) is 6.22. The Morgan fingerprint density at radius 2 is 2.17 bits per heavy atom. The lowest BCUT2D eigenvalue weighted by atomic mass is 9.80. The van der Waals surface area contributed by atoms with Gasteiger partial charge in [0.15, 0.2) is 0 Å². The summed E-state index contributed by atoms with van der Waals surface area (Å²) in [4.78, 5) is 15.6. The summed E-state index contributed by atoms with van der Waals surface area (Å²) in [5.74, 6) is -0.174. The third-order valence-electron chi connectivity index (χ3n) is 3.59. The minimum atomic E-state index is -0.892. The second-order valence-corrected chi connectivity index (χ2v) is 4.88. The number of nitrogens with one attached hydrogen (secondary N) is 1. The summed E-state index contributed by atoms with van der Waals surface area (Å²) < 4.78 is 0. The normalized spacial score (nSPS) is 27.8. The molecule has 0 aromatic carbocycles. The summed E-state index contributed by atoms with van der Waals surface area (Å²) in [6, 6.07) is 3.59. The van der Waals surface area contributed by atoms with E-state index in [1.54, 1.807) is 19.2 Å². The predicted molar refractivity (Wildman–Crippen MR) is 68.0 cm³/mol. The molecule has 18 heavy (non-hydrogen) atoms. The van der Waals surface area contributed by atoms with Crippen molar-refractivity contribution < 1.29 is 9.90 Å². The smallest absolute Gasteiger partial charge is 0.252 e. The van der Waals surface area contributed by atoms with Gasteiger partial charge in [-0.2, -0.15) is 0 Å². The third kappa shape index (κ3) is 2.52. The van der Waals surface area contributed by atoms with E-state index in [4.69, 9.17) is 5.73 Å². The number of carbonyl (C=O) groups is 1. The fraction of sp³-hybridized carbons (Fsp3) is 0.538. The molecule has 0 radical (unpaired) electrons. The number of pyridine rings is 1. The summed E-state index contributed by atoms with van der Waals surface area (Å²) in [7, 11) is 1.58. The van der Waals surface area contributed by atoms with Crippen LogP contribution >= 0.6 is 0 Å². The Labute approximate surface area is 106 Å². The largest absolute Gasteiger partial charge is 0.384 e. The van der Waals surface area contributed by atoms with Crippen molar-refractivity contribution in [2.75, 3.05) is 7.05 Å². The molecule has 5 heteroatoms. The maximum Gasteiger partial charge on any atom is 0.252 e. The van der Waals surface area contributed by atoms with Crippen molar-refractivity contribution in [2.45, 2.75) is 37.3 Å². The molecule has 0 saturated heterocycles. The van der Waals surface area contributed by atoms with E-state index in [0.717, 1.165) is 12.8 Å². The number of aromatic nitrogens is 1. The zero-order valence-electron chi connectivity index (χ0n) is 10.5. The van der Waals surface area contributed by atoms with Crippen LogP contribution in [0.15, 0.2) is 18.3 Å². The monoisotopic (exact) mass is 249 g/mol. The topological polar surface area (TPSA) is 88.2 Å². The molecule has 1 heterocycles. The molecule has 1 aromatic rings. The molecule has 1 saturated carbocycles. The van der Waals surface area contributed by atoms with Gasteiger partial charge >= 0.3 is 0 Å². The standard InChI is InChI=1S/C13H19N3O2/c1-15-12(17)9-2-3-11(16-8-9)13(18)6-4-10(14)5-7-13/h2-3,8,10,18H,4-7,14H2,1H3,(H,15,17). The molecular weight excluding hydrogens is 230 g/mol. The van der Waals surface area contributed by atoms with Crippen LogP contribution in [-0.4, -0.2) is 29.1 Å². The van der Waals surface area contributed by atoms with Crippen molar-refractivity contribution in [1.29, 1.82) is 0 Å². The van der Waals surface area contributed by atoms with Gasteiger partial charge in [-0.3, -0.25) is 9.78 Å². The lowest BCUT2D eigenvalue weighted by Crippen LogP contribution is -2.37. The van der Waals surface area contributed by atoms with Gasteiger partial charge in [-0.05, 0) is 37.8 Å². The van der Waals surface area contributed by atoms with Crippen LogP contribution in [0.2, 0.25) is 0 Å². The van der Waals surface area contributed by atoms with Gasteiger partial charge in [0.2, 0.25) is 0 Å². The lowest BCUT2D eigenvalue weighted by molar-refractivity contribution is -0.00890. The number of carbonyl (C=O) groups excluding carboxylic acids is 1. The van der Waals surface area contributed by atoms with E-state index in [1.165, 1.54) is 6.20 Å². The molecule has 0 spiro atoms. The first-order chi connectivity index (χ1) is 8.55. The Morgan fingerprint density at radius 3 is 2.67 bits per heavy atom. The summed E-state index contributed by atoms with van der Waals surface area (Å²) >= 11 is 0. The summed E-state index contributed by atoms with van der Waals surface area (Å²) in [5, 5.41) is 13.1. The van der Waals surface area contributed by atoms with Crippen LogP contribution in [-0.2, 0) is 5.60 Å². The molecule has 1 aromatic heterocycles. The van der Waals surface area contributed by atoms with Crippen LogP contribution < -0.4 is 11.1 Å². The van der Waals surface area contributed by atoms with E-state index in [-0.39, 0.29) is 11.9 Å². The third-order valence-corrected chi connectivity index (χ3v) is 3.59.